The monoisotopic (exact) mass is 277 g/mol. The number of aliphatic hydroxyl groups excluding tert-OH is 1. The molecule has 0 saturated heterocycles. The zero-order valence-electron chi connectivity index (χ0n) is 7.93. The third kappa shape index (κ3) is 3.67. The number of ether oxygens (including phenoxy) is 1. The average Bonchev–Trinajstić information content (AvgIpc) is 2.18. The van der Waals surface area contributed by atoms with Crippen molar-refractivity contribution in [3.8, 4) is 5.75 Å². The van der Waals surface area contributed by atoms with E-state index in [0.717, 1.165) is 6.07 Å². The van der Waals surface area contributed by atoms with E-state index in [4.69, 9.17) is 16.7 Å². The highest BCUT2D eigenvalue weighted by atomic mass is 35.5. The van der Waals surface area contributed by atoms with Gasteiger partial charge in [-0.3, -0.25) is 0 Å². The lowest BCUT2D eigenvalue weighted by molar-refractivity contribution is -0.275. The molecule has 0 aliphatic rings. The van der Waals surface area contributed by atoms with Crippen LogP contribution in [0.3, 0.4) is 0 Å². The first-order valence-electron chi connectivity index (χ1n) is 4.08. The fourth-order valence-corrected chi connectivity index (χ4v) is 1.28. The Bertz CT molecular complexity index is 410. The molecular weight excluding hydrogens is 273 g/mol. The Balaban J connectivity index is 3.27. The number of aromatic nitrogens is 1. The van der Waals surface area contributed by atoms with Gasteiger partial charge in [-0.15, -0.1) is 13.2 Å². The van der Waals surface area contributed by atoms with Crippen LogP contribution in [0, 0.1) is 0 Å². The number of halogens is 6. The topological polar surface area (TPSA) is 42.4 Å². The number of aliphatic hydroxyl groups is 1. The first kappa shape index (κ1) is 13.9. The molecule has 0 spiro atoms. The molecule has 0 fully saturated rings. The first-order valence-corrected chi connectivity index (χ1v) is 4.46. The summed E-state index contributed by atoms with van der Waals surface area (Å²) in [7, 11) is 0. The van der Waals surface area contributed by atoms with Crippen LogP contribution >= 0.6 is 11.6 Å². The van der Waals surface area contributed by atoms with Crippen LogP contribution in [0.2, 0.25) is 5.02 Å². The molecule has 0 atom stereocenters. The summed E-state index contributed by atoms with van der Waals surface area (Å²) in [6.07, 6.45) is -8.47. The highest BCUT2D eigenvalue weighted by Crippen LogP contribution is 2.37. The van der Waals surface area contributed by atoms with E-state index < -0.39 is 35.9 Å². The van der Waals surface area contributed by atoms with Crippen LogP contribution in [0.1, 0.15) is 17.8 Å². The van der Waals surface area contributed by atoms with Crippen LogP contribution in [0.15, 0.2) is 6.07 Å². The molecule has 0 aliphatic carbocycles. The van der Waals surface area contributed by atoms with Gasteiger partial charge in [0, 0.05) is 0 Å². The van der Waals surface area contributed by atoms with Gasteiger partial charge in [0.25, 0.3) is 6.43 Å². The minimum atomic E-state index is -5.16. The highest BCUT2D eigenvalue weighted by molar-refractivity contribution is 6.32. The van der Waals surface area contributed by atoms with Gasteiger partial charge in [0.1, 0.15) is 0 Å². The summed E-state index contributed by atoms with van der Waals surface area (Å²) in [4.78, 5) is 3.13. The fourth-order valence-electron chi connectivity index (χ4n) is 1.02. The molecule has 9 heteroatoms. The molecule has 0 aliphatic heterocycles. The van der Waals surface area contributed by atoms with Gasteiger partial charge in [-0.2, -0.15) is 0 Å². The molecule has 1 rings (SSSR count). The molecule has 96 valence electrons. The maximum absolute atomic E-state index is 12.4. The maximum Gasteiger partial charge on any atom is 0.573 e. The Labute approximate surface area is 96.8 Å². The van der Waals surface area contributed by atoms with Gasteiger partial charge in [0.2, 0.25) is 0 Å². The normalized spacial score (nSPS) is 12.0. The van der Waals surface area contributed by atoms with Crippen LogP contribution < -0.4 is 4.74 Å². The summed E-state index contributed by atoms with van der Waals surface area (Å²) in [5, 5.41) is 7.97. The van der Waals surface area contributed by atoms with Crippen molar-refractivity contribution in [1.82, 2.24) is 4.98 Å². The Morgan fingerprint density at radius 3 is 2.41 bits per heavy atom. The van der Waals surface area contributed by atoms with E-state index in [-0.39, 0.29) is 5.69 Å². The Kier molecular flexibility index (Phi) is 4.10. The van der Waals surface area contributed by atoms with E-state index in [1.54, 1.807) is 0 Å². The second kappa shape index (κ2) is 5.01. The fraction of sp³-hybridized carbons (Fsp3) is 0.375. The SMILES string of the molecule is OCc1cc(Cl)c(OC(F)(F)F)c(C(F)F)n1. The summed E-state index contributed by atoms with van der Waals surface area (Å²) < 4.78 is 64.1. The smallest absolute Gasteiger partial charge is 0.402 e. The van der Waals surface area contributed by atoms with Gasteiger partial charge in [-0.05, 0) is 6.07 Å². The number of pyridine rings is 1. The second-order valence-electron chi connectivity index (χ2n) is 2.82. The van der Waals surface area contributed by atoms with E-state index >= 15 is 0 Å². The minimum Gasteiger partial charge on any atom is -0.402 e. The Hall–Kier alpha value is -1.15. The molecule has 0 aromatic carbocycles. The number of rotatable bonds is 3. The average molecular weight is 278 g/mol. The maximum atomic E-state index is 12.4. The lowest BCUT2D eigenvalue weighted by atomic mass is 10.3. The van der Waals surface area contributed by atoms with Crippen LogP contribution in [-0.2, 0) is 6.61 Å². The van der Waals surface area contributed by atoms with Crippen molar-refractivity contribution in [2.24, 2.45) is 0 Å². The lowest BCUT2D eigenvalue weighted by Gasteiger charge is -2.14. The summed E-state index contributed by atoms with van der Waals surface area (Å²) in [6.45, 7) is -0.730. The van der Waals surface area contributed by atoms with E-state index in [9.17, 15) is 22.0 Å². The van der Waals surface area contributed by atoms with Crippen LogP contribution in [-0.4, -0.2) is 16.5 Å². The van der Waals surface area contributed by atoms with Crippen molar-refractivity contribution >= 4 is 11.6 Å². The van der Waals surface area contributed by atoms with Crippen LogP contribution in [0.25, 0.3) is 0 Å². The van der Waals surface area contributed by atoms with E-state index in [1.807, 2.05) is 0 Å². The van der Waals surface area contributed by atoms with Crippen molar-refractivity contribution in [2.75, 3.05) is 0 Å². The Morgan fingerprint density at radius 1 is 1.41 bits per heavy atom. The first-order chi connectivity index (χ1) is 7.74. The van der Waals surface area contributed by atoms with Crippen molar-refractivity contribution < 1.29 is 31.8 Å². The van der Waals surface area contributed by atoms with Gasteiger partial charge >= 0.3 is 6.36 Å². The zero-order chi connectivity index (χ0) is 13.2. The quantitative estimate of drug-likeness (QED) is 0.864. The molecule has 3 nitrogen and oxygen atoms in total. The molecule has 1 N–H and O–H groups in total. The standard InChI is InChI=1S/C8H5ClF5NO2/c9-4-1-3(2-16)15-5(7(10)11)6(4)17-8(12,13)14/h1,7,16H,2H2. The molecule has 0 unspecified atom stereocenters. The molecule has 1 aromatic heterocycles. The molecule has 1 aromatic rings. The molecule has 0 amide bonds. The molecule has 0 saturated carbocycles. The second-order valence-corrected chi connectivity index (χ2v) is 3.22. The molecule has 0 radical (unpaired) electrons. The van der Waals surface area contributed by atoms with Gasteiger partial charge in [-0.1, -0.05) is 11.6 Å². The summed E-state index contributed by atoms with van der Waals surface area (Å²) >= 11 is 5.35. The van der Waals surface area contributed by atoms with Crippen molar-refractivity contribution in [3.05, 3.63) is 22.5 Å². The number of alkyl halides is 5. The van der Waals surface area contributed by atoms with E-state index in [0.29, 0.717) is 0 Å². The molecule has 17 heavy (non-hydrogen) atoms. The summed E-state index contributed by atoms with van der Waals surface area (Å²) in [6, 6.07) is 0.814. The lowest BCUT2D eigenvalue weighted by Crippen LogP contribution is -2.19. The predicted octanol–water partition coefficient (Wildman–Crippen LogP) is 3.06. The third-order valence-corrected chi connectivity index (χ3v) is 1.87. The largest absolute Gasteiger partial charge is 0.573 e. The number of hydrogen-bond donors (Lipinski definition) is 1. The van der Waals surface area contributed by atoms with Crippen molar-refractivity contribution in [1.29, 1.82) is 0 Å². The summed E-state index contributed by atoms with van der Waals surface area (Å²) in [5.74, 6) is -1.26. The van der Waals surface area contributed by atoms with E-state index in [2.05, 4.69) is 9.72 Å². The minimum absolute atomic E-state index is 0.278. The van der Waals surface area contributed by atoms with Gasteiger partial charge in [0.15, 0.2) is 11.4 Å². The van der Waals surface area contributed by atoms with Crippen molar-refractivity contribution in [2.45, 2.75) is 19.4 Å². The van der Waals surface area contributed by atoms with Crippen LogP contribution in [0.4, 0.5) is 22.0 Å². The van der Waals surface area contributed by atoms with E-state index in [1.165, 1.54) is 0 Å². The highest BCUT2D eigenvalue weighted by Gasteiger charge is 2.35. The van der Waals surface area contributed by atoms with Gasteiger partial charge in [0.05, 0.1) is 17.3 Å². The molecule has 1 heterocycles. The number of hydrogen-bond acceptors (Lipinski definition) is 3. The Morgan fingerprint density at radius 2 is 2.00 bits per heavy atom. The van der Waals surface area contributed by atoms with Gasteiger partial charge in [-0.25, -0.2) is 13.8 Å². The molecule has 0 bridgehead atoms. The molecular formula is C8H5ClF5NO2. The van der Waals surface area contributed by atoms with Crippen LogP contribution in [0.5, 0.6) is 5.75 Å². The van der Waals surface area contributed by atoms with Crippen molar-refractivity contribution in [3.63, 3.8) is 0 Å². The zero-order valence-corrected chi connectivity index (χ0v) is 8.69. The predicted molar refractivity (Wildman–Crippen MR) is 46.8 cm³/mol. The third-order valence-electron chi connectivity index (χ3n) is 1.59. The number of nitrogens with zero attached hydrogens (tertiary/aromatic N) is 1. The van der Waals surface area contributed by atoms with Gasteiger partial charge < -0.3 is 9.84 Å². The summed E-state index contributed by atoms with van der Waals surface area (Å²) in [5.41, 5.74) is -1.54.